The summed E-state index contributed by atoms with van der Waals surface area (Å²) in [6.07, 6.45) is -5.03. The van der Waals surface area contributed by atoms with Crippen LogP contribution >= 0.6 is 0 Å². The molecule has 19 heavy (non-hydrogen) atoms. The number of ether oxygens (including phenoxy) is 1. The summed E-state index contributed by atoms with van der Waals surface area (Å²) < 4.78 is 43.3. The maximum atomic E-state index is 13.0. The van der Waals surface area contributed by atoms with Crippen LogP contribution in [0.4, 0.5) is 13.2 Å². The van der Waals surface area contributed by atoms with Gasteiger partial charge in [-0.25, -0.2) is 4.79 Å². The van der Waals surface area contributed by atoms with Crippen molar-refractivity contribution in [3.8, 4) is 0 Å². The van der Waals surface area contributed by atoms with Gasteiger partial charge in [0.2, 0.25) is 0 Å². The Morgan fingerprint density at radius 1 is 1.26 bits per heavy atom. The van der Waals surface area contributed by atoms with Crippen molar-refractivity contribution in [3.05, 3.63) is 35.4 Å². The second kappa shape index (κ2) is 5.61. The van der Waals surface area contributed by atoms with Crippen molar-refractivity contribution >= 4 is 5.97 Å². The molecule has 0 aliphatic rings. The van der Waals surface area contributed by atoms with Gasteiger partial charge in [-0.1, -0.05) is 25.5 Å². The second-order valence-corrected chi connectivity index (χ2v) is 4.18. The topological polar surface area (TPSA) is 46.5 Å². The highest BCUT2D eigenvalue weighted by atomic mass is 19.4. The average Bonchev–Trinajstić information content (AvgIpc) is 2.37. The Hall–Kier alpha value is -1.56. The number of methoxy groups -OCH3 is 1. The predicted octanol–water partition coefficient (Wildman–Crippen LogP) is 3.02. The van der Waals surface area contributed by atoms with E-state index in [4.69, 9.17) is 0 Å². The smallest absolute Gasteiger partial charge is 0.421 e. The lowest BCUT2D eigenvalue weighted by molar-refractivity contribution is -0.269. The Morgan fingerprint density at radius 3 is 2.16 bits per heavy atom. The van der Waals surface area contributed by atoms with Crippen molar-refractivity contribution in [2.24, 2.45) is 0 Å². The average molecular weight is 276 g/mol. The van der Waals surface area contributed by atoms with Gasteiger partial charge in [-0.3, -0.25) is 0 Å². The number of carbonyl (C=O) groups is 1. The molecule has 0 radical (unpaired) electrons. The molecule has 0 saturated heterocycles. The Bertz CT molecular complexity index is 439. The Kier molecular flexibility index (Phi) is 4.57. The Balaban J connectivity index is 3.15. The zero-order valence-electron chi connectivity index (χ0n) is 10.6. The molecule has 106 valence electrons. The van der Waals surface area contributed by atoms with Gasteiger partial charge < -0.3 is 9.84 Å². The quantitative estimate of drug-likeness (QED) is 0.860. The third-order valence-electron chi connectivity index (χ3n) is 2.86. The van der Waals surface area contributed by atoms with Crippen molar-refractivity contribution in [1.82, 2.24) is 0 Å². The molecule has 1 unspecified atom stereocenters. The molecule has 0 aromatic heterocycles. The molecule has 1 N–H and O–H groups in total. The van der Waals surface area contributed by atoms with Crippen LogP contribution in [-0.2, 0) is 10.3 Å². The van der Waals surface area contributed by atoms with E-state index in [9.17, 15) is 23.1 Å². The van der Waals surface area contributed by atoms with E-state index in [1.54, 1.807) is 6.92 Å². The molecule has 0 bridgehead atoms. The van der Waals surface area contributed by atoms with E-state index in [1.807, 2.05) is 0 Å². The first-order chi connectivity index (χ1) is 8.76. The number of hydrogen-bond acceptors (Lipinski definition) is 3. The van der Waals surface area contributed by atoms with Gasteiger partial charge in [0, 0.05) is 0 Å². The van der Waals surface area contributed by atoms with Crippen LogP contribution in [0, 0.1) is 0 Å². The molecule has 1 atom stereocenters. The fraction of sp³-hybridized carbons (Fsp3) is 0.462. The summed E-state index contributed by atoms with van der Waals surface area (Å²) in [5.41, 5.74) is -3.04. The monoisotopic (exact) mass is 276 g/mol. The number of carbonyl (C=O) groups excluding carboxylic acids is 1. The van der Waals surface area contributed by atoms with E-state index in [0.717, 1.165) is 12.1 Å². The third-order valence-corrected chi connectivity index (χ3v) is 2.86. The molecule has 1 rings (SSSR count). The van der Waals surface area contributed by atoms with Crippen LogP contribution in [0.1, 0.15) is 35.7 Å². The molecule has 6 heteroatoms. The lowest BCUT2D eigenvalue weighted by Crippen LogP contribution is -2.42. The number of benzene rings is 1. The number of rotatable bonds is 4. The van der Waals surface area contributed by atoms with E-state index in [0.29, 0.717) is 0 Å². The van der Waals surface area contributed by atoms with Crippen molar-refractivity contribution in [2.75, 3.05) is 7.11 Å². The van der Waals surface area contributed by atoms with Gasteiger partial charge in [-0.15, -0.1) is 0 Å². The normalized spacial score (nSPS) is 14.8. The largest absolute Gasteiger partial charge is 0.465 e. The lowest BCUT2D eigenvalue weighted by Gasteiger charge is -2.30. The highest BCUT2D eigenvalue weighted by molar-refractivity contribution is 5.89. The molecule has 0 saturated carbocycles. The molecule has 0 heterocycles. The van der Waals surface area contributed by atoms with Gasteiger partial charge in [0.1, 0.15) is 0 Å². The summed E-state index contributed by atoms with van der Waals surface area (Å²) in [4.78, 5) is 11.2. The molecule has 1 aromatic carbocycles. The number of hydrogen-bond donors (Lipinski definition) is 1. The first-order valence-electron chi connectivity index (χ1n) is 5.74. The van der Waals surface area contributed by atoms with E-state index < -0.39 is 24.2 Å². The second-order valence-electron chi connectivity index (χ2n) is 4.18. The number of halogens is 3. The summed E-state index contributed by atoms with van der Waals surface area (Å²) in [5.74, 6) is -0.641. The van der Waals surface area contributed by atoms with Gasteiger partial charge >= 0.3 is 12.1 Å². The maximum absolute atomic E-state index is 13.0. The molecule has 0 amide bonds. The zero-order valence-corrected chi connectivity index (χ0v) is 10.6. The summed E-state index contributed by atoms with van der Waals surface area (Å²) in [5, 5.41) is 9.86. The maximum Gasteiger partial charge on any atom is 0.421 e. The number of esters is 1. The highest BCUT2D eigenvalue weighted by Gasteiger charge is 2.54. The molecule has 0 spiro atoms. The molecular weight excluding hydrogens is 261 g/mol. The summed E-state index contributed by atoms with van der Waals surface area (Å²) in [7, 11) is 1.18. The standard InChI is InChI=1S/C13H15F3O3/c1-3-8-12(18,13(14,15)16)10-6-4-9(5-7-10)11(17)19-2/h4-7,18H,3,8H2,1-2H3. The van der Waals surface area contributed by atoms with Gasteiger partial charge in [-0.2, -0.15) is 13.2 Å². The Morgan fingerprint density at radius 2 is 1.79 bits per heavy atom. The minimum atomic E-state index is -4.77. The molecule has 1 aromatic rings. The van der Waals surface area contributed by atoms with Gasteiger partial charge in [0.15, 0.2) is 5.60 Å². The van der Waals surface area contributed by atoms with Crippen LogP contribution in [0.25, 0.3) is 0 Å². The van der Waals surface area contributed by atoms with Crippen molar-refractivity contribution in [3.63, 3.8) is 0 Å². The van der Waals surface area contributed by atoms with Crippen LogP contribution in [0.3, 0.4) is 0 Å². The minimum absolute atomic E-state index is 0.132. The first-order valence-corrected chi connectivity index (χ1v) is 5.74. The van der Waals surface area contributed by atoms with E-state index >= 15 is 0 Å². The number of alkyl halides is 3. The zero-order chi connectivity index (χ0) is 14.7. The lowest BCUT2D eigenvalue weighted by atomic mass is 9.88. The SMILES string of the molecule is CCCC(O)(c1ccc(C(=O)OC)cc1)C(F)(F)F. The van der Waals surface area contributed by atoms with Crippen molar-refractivity contribution < 1.29 is 27.8 Å². The molecule has 0 fully saturated rings. The Labute approximate surface area is 109 Å². The summed E-state index contributed by atoms with van der Waals surface area (Å²) in [6.45, 7) is 1.56. The van der Waals surface area contributed by atoms with Gasteiger partial charge in [0.05, 0.1) is 12.7 Å². The van der Waals surface area contributed by atoms with Gasteiger partial charge in [-0.05, 0) is 24.1 Å². The predicted molar refractivity (Wildman–Crippen MR) is 62.6 cm³/mol. The summed E-state index contributed by atoms with van der Waals surface area (Å²) in [6, 6.07) is 4.59. The van der Waals surface area contributed by atoms with Crippen LogP contribution in [0.2, 0.25) is 0 Å². The molecule has 3 nitrogen and oxygen atoms in total. The van der Waals surface area contributed by atoms with E-state index in [1.165, 1.54) is 19.2 Å². The van der Waals surface area contributed by atoms with Crippen LogP contribution in [-0.4, -0.2) is 24.4 Å². The van der Waals surface area contributed by atoms with Crippen LogP contribution < -0.4 is 0 Å². The summed E-state index contributed by atoms with van der Waals surface area (Å²) >= 11 is 0. The van der Waals surface area contributed by atoms with E-state index in [2.05, 4.69) is 4.74 Å². The molecule has 0 aliphatic heterocycles. The van der Waals surface area contributed by atoms with Crippen LogP contribution in [0.5, 0.6) is 0 Å². The fourth-order valence-corrected chi connectivity index (χ4v) is 1.81. The minimum Gasteiger partial charge on any atom is -0.465 e. The highest BCUT2D eigenvalue weighted by Crippen LogP contribution is 2.42. The van der Waals surface area contributed by atoms with Crippen molar-refractivity contribution in [2.45, 2.75) is 31.5 Å². The molecule has 0 aliphatic carbocycles. The van der Waals surface area contributed by atoms with Crippen molar-refractivity contribution in [1.29, 1.82) is 0 Å². The fourth-order valence-electron chi connectivity index (χ4n) is 1.81. The number of aliphatic hydroxyl groups is 1. The van der Waals surface area contributed by atoms with Crippen LogP contribution in [0.15, 0.2) is 24.3 Å². The van der Waals surface area contributed by atoms with Gasteiger partial charge in [0.25, 0.3) is 0 Å². The third kappa shape index (κ3) is 3.07. The molecular formula is C13H15F3O3. The van der Waals surface area contributed by atoms with E-state index in [-0.39, 0.29) is 17.5 Å². The first kappa shape index (κ1) is 15.5.